The van der Waals surface area contributed by atoms with Crippen LogP contribution in [0.3, 0.4) is 0 Å². The summed E-state index contributed by atoms with van der Waals surface area (Å²) in [4.78, 5) is 13.3. The fourth-order valence-electron chi connectivity index (χ4n) is 3.09. The van der Waals surface area contributed by atoms with E-state index in [9.17, 15) is 9.90 Å². The number of anilines is 1. The van der Waals surface area contributed by atoms with Crippen molar-refractivity contribution in [3.05, 3.63) is 59.7 Å². The summed E-state index contributed by atoms with van der Waals surface area (Å²) >= 11 is 0. The molecular weight excluding hydrogens is 316 g/mol. The van der Waals surface area contributed by atoms with Crippen LogP contribution in [0.2, 0.25) is 0 Å². The highest BCUT2D eigenvalue weighted by atomic mass is 16.5. The number of benzene rings is 2. The Balaban J connectivity index is 1.45. The Kier molecular flexibility index (Phi) is 5.68. The molecule has 5 nitrogen and oxygen atoms in total. The molecule has 0 unspecified atom stereocenters. The second-order valence-corrected chi connectivity index (χ2v) is 6.42. The first-order valence-corrected chi connectivity index (χ1v) is 8.58. The summed E-state index contributed by atoms with van der Waals surface area (Å²) in [5.74, 6) is 0.573. The van der Waals surface area contributed by atoms with Gasteiger partial charge in [0, 0.05) is 32.2 Å². The smallest absolute Gasteiger partial charge is 0.221 e. The normalized spacial score (nSPS) is 15.3. The molecule has 0 fully saturated rings. The second-order valence-electron chi connectivity index (χ2n) is 6.42. The van der Waals surface area contributed by atoms with Crippen LogP contribution < -0.4 is 10.1 Å². The molecule has 3 rings (SSSR count). The van der Waals surface area contributed by atoms with Gasteiger partial charge < -0.3 is 15.2 Å². The molecule has 2 aromatic carbocycles. The lowest BCUT2D eigenvalue weighted by Gasteiger charge is -2.30. The fraction of sp³-hybridized carbons (Fsp3) is 0.350. The molecule has 5 heteroatoms. The largest absolute Gasteiger partial charge is 0.491 e. The Morgan fingerprint density at radius 1 is 1.20 bits per heavy atom. The highest BCUT2D eigenvalue weighted by Gasteiger charge is 2.18. The van der Waals surface area contributed by atoms with Gasteiger partial charge in [-0.25, -0.2) is 0 Å². The Morgan fingerprint density at radius 2 is 1.92 bits per heavy atom. The van der Waals surface area contributed by atoms with E-state index in [1.54, 1.807) is 24.3 Å². The van der Waals surface area contributed by atoms with Crippen molar-refractivity contribution < 1.29 is 14.6 Å². The van der Waals surface area contributed by atoms with Gasteiger partial charge in [0.05, 0.1) is 0 Å². The van der Waals surface area contributed by atoms with Gasteiger partial charge in [-0.3, -0.25) is 9.69 Å². The highest BCUT2D eigenvalue weighted by molar-refractivity contribution is 5.88. The topological polar surface area (TPSA) is 61.8 Å². The average Bonchev–Trinajstić information content (AvgIpc) is 2.60. The Morgan fingerprint density at radius 3 is 2.64 bits per heavy atom. The SMILES string of the molecule is CC(=O)Nc1ccc(OC[C@@H](O)CN2CCc3ccccc3C2)cc1. The van der Waals surface area contributed by atoms with Crippen molar-refractivity contribution in [3.63, 3.8) is 0 Å². The van der Waals surface area contributed by atoms with Crippen molar-refractivity contribution in [2.24, 2.45) is 0 Å². The maximum Gasteiger partial charge on any atom is 0.221 e. The number of carbonyl (C=O) groups excluding carboxylic acids is 1. The van der Waals surface area contributed by atoms with E-state index >= 15 is 0 Å². The van der Waals surface area contributed by atoms with Crippen LogP contribution in [-0.2, 0) is 17.8 Å². The molecule has 2 aromatic rings. The predicted octanol–water partition coefficient (Wildman–Crippen LogP) is 2.44. The maximum atomic E-state index is 11.0. The average molecular weight is 340 g/mol. The van der Waals surface area contributed by atoms with Crippen molar-refractivity contribution >= 4 is 11.6 Å². The fourth-order valence-corrected chi connectivity index (χ4v) is 3.09. The molecule has 0 bridgehead atoms. The zero-order valence-electron chi connectivity index (χ0n) is 14.4. The van der Waals surface area contributed by atoms with Gasteiger partial charge in [-0.15, -0.1) is 0 Å². The van der Waals surface area contributed by atoms with Crippen LogP contribution in [0.15, 0.2) is 48.5 Å². The number of amides is 1. The van der Waals surface area contributed by atoms with Crippen molar-refractivity contribution in [1.29, 1.82) is 0 Å². The molecule has 0 saturated carbocycles. The van der Waals surface area contributed by atoms with Crippen LogP contribution in [0.1, 0.15) is 18.1 Å². The van der Waals surface area contributed by atoms with E-state index in [1.165, 1.54) is 18.1 Å². The lowest BCUT2D eigenvalue weighted by molar-refractivity contribution is -0.114. The molecule has 1 aliphatic heterocycles. The number of nitrogens with zero attached hydrogens (tertiary/aromatic N) is 1. The number of aliphatic hydroxyl groups is 1. The van der Waals surface area contributed by atoms with Gasteiger partial charge in [-0.2, -0.15) is 0 Å². The third-order valence-corrected chi connectivity index (χ3v) is 4.30. The van der Waals surface area contributed by atoms with E-state index in [0.29, 0.717) is 12.3 Å². The molecule has 1 aliphatic rings. The number of aliphatic hydroxyl groups excluding tert-OH is 1. The Hall–Kier alpha value is -2.37. The van der Waals surface area contributed by atoms with Gasteiger partial charge in [-0.1, -0.05) is 24.3 Å². The monoisotopic (exact) mass is 340 g/mol. The van der Waals surface area contributed by atoms with Gasteiger partial charge in [0.25, 0.3) is 0 Å². The van der Waals surface area contributed by atoms with Gasteiger partial charge in [-0.05, 0) is 41.8 Å². The summed E-state index contributed by atoms with van der Waals surface area (Å²) in [6.07, 6.45) is 0.481. The molecule has 0 saturated heterocycles. The Bertz CT molecular complexity index is 715. The molecule has 0 aliphatic carbocycles. The number of hydrogen-bond donors (Lipinski definition) is 2. The van der Waals surface area contributed by atoms with Gasteiger partial charge in [0.2, 0.25) is 5.91 Å². The molecule has 0 aromatic heterocycles. The van der Waals surface area contributed by atoms with Crippen LogP contribution in [0, 0.1) is 0 Å². The zero-order chi connectivity index (χ0) is 17.6. The Labute approximate surface area is 148 Å². The van der Waals surface area contributed by atoms with Crippen LogP contribution in [0.4, 0.5) is 5.69 Å². The third kappa shape index (κ3) is 5.05. The molecule has 132 valence electrons. The molecule has 0 radical (unpaired) electrons. The van der Waals surface area contributed by atoms with Crippen molar-refractivity contribution in [1.82, 2.24) is 4.90 Å². The molecule has 0 spiro atoms. The first-order chi connectivity index (χ1) is 12.1. The lowest BCUT2D eigenvalue weighted by Crippen LogP contribution is -2.38. The van der Waals surface area contributed by atoms with Crippen LogP contribution in [0.25, 0.3) is 0 Å². The van der Waals surface area contributed by atoms with Gasteiger partial charge in [0.15, 0.2) is 0 Å². The van der Waals surface area contributed by atoms with Crippen LogP contribution in [0.5, 0.6) is 5.75 Å². The van der Waals surface area contributed by atoms with E-state index in [4.69, 9.17) is 4.74 Å². The molecule has 25 heavy (non-hydrogen) atoms. The first-order valence-electron chi connectivity index (χ1n) is 8.58. The number of nitrogens with one attached hydrogen (secondary N) is 1. The van der Waals surface area contributed by atoms with E-state index in [0.717, 1.165) is 25.2 Å². The zero-order valence-corrected chi connectivity index (χ0v) is 14.4. The quantitative estimate of drug-likeness (QED) is 0.848. The summed E-state index contributed by atoms with van der Waals surface area (Å²) < 4.78 is 5.65. The number of ether oxygens (including phenoxy) is 1. The number of rotatable bonds is 6. The van der Waals surface area contributed by atoms with Crippen LogP contribution in [-0.4, -0.2) is 41.7 Å². The summed E-state index contributed by atoms with van der Waals surface area (Å²) in [6, 6.07) is 15.6. The molecule has 1 amide bonds. The van der Waals surface area contributed by atoms with Gasteiger partial charge >= 0.3 is 0 Å². The minimum Gasteiger partial charge on any atom is -0.491 e. The second kappa shape index (κ2) is 8.14. The van der Waals surface area contributed by atoms with Crippen molar-refractivity contribution in [2.75, 3.05) is 25.0 Å². The number of hydrogen-bond acceptors (Lipinski definition) is 4. The maximum absolute atomic E-state index is 11.0. The third-order valence-electron chi connectivity index (χ3n) is 4.30. The summed E-state index contributed by atoms with van der Waals surface area (Å²) in [6.45, 7) is 4.15. The minimum atomic E-state index is -0.541. The highest BCUT2D eigenvalue weighted by Crippen LogP contribution is 2.19. The van der Waals surface area contributed by atoms with Crippen LogP contribution >= 0.6 is 0 Å². The lowest BCUT2D eigenvalue weighted by atomic mass is 10.00. The molecule has 1 heterocycles. The van der Waals surface area contributed by atoms with E-state index < -0.39 is 6.10 Å². The van der Waals surface area contributed by atoms with E-state index in [-0.39, 0.29) is 12.5 Å². The van der Waals surface area contributed by atoms with E-state index in [1.807, 2.05) is 0 Å². The molecule has 1 atom stereocenters. The van der Waals surface area contributed by atoms with Crippen molar-refractivity contribution in [3.8, 4) is 5.75 Å². The van der Waals surface area contributed by atoms with Gasteiger partial charge in [0.1, 0.15) is 18.5 Å². The summed E-state index contributed by atoms with van der Waals surface area (Å²) in [5.41, 5.74) is 3.48. The van der Waals surface area contributed by atoms with E-state index in [2.05, 4.69) is 34.5 Å². The summed E-state index contributed by atoms with van der Waals surface area (Å²) in [5, 5.41) is 13.0. The molecule has 2 N–H and O–H groups in total. The minimum absolute atomic E-state index is 0.104. The molecular formula is C20H24N2O3. The summed E-state index contributed by atoms with van der Waals surface area (Å²) in [7, 11) is 0. The van der Waals surface area contributed by atoms with Crippen molar-refractivity contribution in [2.45, 2.75) is 26.0 Å². The predicted molar refractivity (Wildman–Crippen MR) is 97.7 cm³/mol. The first kappa shape index (κ1) is 17.5. The number of carbonyl (C=O) groups is 1. The number of fused-ring (bicyclic) bond motifs is 1. The number of β-amino-alcohol motifs (C(OH)–C–C–N with tert-alkyl or cyclic N) is 1. The standard InChI is InChI=1S/C20H24N2O3/c1-15(23)21-18-6-8-20(9-7-18)25-14-19(24)13-22-11-10-16-4-2-3-5-17(16)12-22/h2-9,19,24H,10-14H2,1H3,(H,21,23)/t19-/m0/s1.